The molecule has 0 fully saturated rings. The van der Waals surface area contributed by atoms with Gasteiger partial charge in [-0.3, -0.25) is 0 Å². The van der Waals surface area contributed by atoms with Gasteiger partial charge in [-0.2, -0.15) is 0 Å². The number of nitrogens with zero attached hydrogens (tertiary/aromatic N) is 1. The summed E-state index contributed by atoms with van der Waals surface area (Å²) in [5.41, 5.74) is 2.11. The molecule has 0 spiro atoms. The molecule has 2 aromatic carbocycles. The summed E-state index contributed by atoms with van der Waals surface area (Å²) in [6.45, 7) is 3.38. The second kappa shape index (κ2) is 8.39. The van der Waals surface area contributed by atoms with Crippen LogP contribution in [0.15, 0.2) is 48.5 Å². The fraction of sp³-hybridized carbons (Fsp3) is 0.278. The van der Waals surface area contributed by atoms with Crippen LogP contribution in [-0.4, -0.2) is 30.8 Å². The summed E-state index contributed by atoms with van der Waals surface area (Å²) in [5.74, 6) is 1.71. The van der Waals surface area contributed by atoms with E-state index in [0.29, 0.717) is 11.7 Å². The Balaban J connectivity index is 1.90. The molecule has 2 aromatic rings. The van der Waals surface area contributed by atoms with Crippen LogP contribution in [0, 0.1) is 0 Å². The fourth-order valence-electron chi connectivity index (χ4n) is 2.10. The summed E-state index contributed by atoms with van der Waals surface area (Å²) in [4.78, 5) is 2.00. The van der Waals surface area contributed by atoms with E-state index in [1.165, 1.54) is 5.56 Å². The number of hydrogen-bond donors (Lipinski definition) is 1. The van der Waals surface area contributed by atoms with Gasteiger partial charge in [0.15, 0.2) is 5.11 Å². The van der Waals surface area contributed by atoms with Crippen LogP contribution in [0.3, 0.4) is 0 Å². The fourth-order valence-corrected chi connectivity index (χ4v) is 2.28. The van der Waals surface area contributed by atoms with E-state index in [-0.39, 0.29) is 0 Å². The van der Waals surface area contributed by atoms with E-state index in [1.54, 1.807) is 7.11 Å². The van der Waals surface area contributed by atoms with Gasteiger partial charge in [0.1, 0.15) is 11.5 Å². The first-order valence-electron chi connectivity index (χ1n) is 7.50. The van der Waals surface area contributed by atoms with E-state index in [0.717, 1.165) is 23.7 Å². The van der Waals surface area contributed by atoms with Crippen LogP contribution in [0.2, 0.25) is 0 Å². The van der Waals surface area contributed by atoms with Gasteiger partial charge in [0, 0.05) is 19.3 Å². The minimum atomic E-state index is 0.670. The number of methoxy groups -OCH3 is 1. The van der Waals surface area contributed by atoms with E-state index in [2.05, 4.69) is 17.4 Å². The summed E-state index contributed by atoms with van der Waals surface area (Å²) in [6.07, 6.45) is 0. The van der Waals surface area contributed by atoms with Crippen molar-refractivity contribution in [2.45, 2.75) is 13.5 Å². The molecule has 0 aliphatic rings. The Labute approximate surface area is 143 Å². The van der Waals surface area contributed by atoms with Crippen molar-refractivity contribution in [2.75, 3.05) is 26.1 Å². The normalized spacial score (nSPS) is 10.0. The largest absolute Gasteiger partial charge is 0.497 e. The van der Waals surface area contributed by atoms with Gasteiger partial charge < -0.3 is 19.7 Å². The molecule has 0 aromatic heterocycles. The lowest BCUT2D eigenvalue weighted by Gasteiger charge is -2.21. The quantitative estimate of drug-likeness (QED) is 0.812. The Morgan fingerprint density at radius 2 is 1.65 bits per heavy atom. The Morgan fingerprint density at radius 1 is 1.04 bits per heavy atom. The number of nitrogens with one attached hydrogen (secondary N) is 1. The van der Waals surface area contributed by atoms with Crippen LogP contribution in [0.1, 0.15) is 12.5 Å². The third-order valence-corrected chi connectivity index (χ3v) is 3.76. The summed E-state index contributed by atoms with van der Waals surface area (Å²) in [7, 11) is 3.62. The number of ether oxygens (including phenoxy) is 2. The van der Waals surface area contributed by atoms with Crippen molar-refractivity contribution < 1.29 is 9.47 Å². The molecule has 0 aliphatic heterocycles. The zero-order valence-corrected chi connectivity index (χ0v) is 14.5. The van der Waals surface area contributed by atoms with E-state index in [4.69, 9.17) is 21.7 Å². The molecule has 122 valence electrons. The Bertz CT molecular complexity index is 626. The van der Waals surface area contributed by atoms with Crippen LogP contribution in [-0.2, 0) is 6.54 Å². The topological polar surface area (TPSA) is 33.7 Å². The lowest BCUT2D eigenvalue weighted by Crippen LogP contribution is -2.30. The van der Waals surface area contributed by atoms with Gasteiger partial charge in [0.05, 0.1) is 13.7 Å². The number of benzene rings is 2. The zero-order valence-electron chi connectivity index (χ0n) is 13.7. The monoisotopic (exact) mass is 330 g/mol. The van der Waals surface area contributed by atoms with Crippen molar-refractivity contribution in [1.29, 1.82) is 0 Å². The smallest absolute Gasteiger partial charge is 0.173 e. The molecule has 0 saturated carbocycles. The first-order valence-corrected chi connectivity index (χ1v) is 7.91. The zero-order chi connectivity index (χ0) is 16.7. The van der Waals surface area contributed by atoms with Crippen molar-refractivity contribution in [3.63, 3.8) is 0 Å². The van der Waals surface area contributed by atoms with Gasteiger partial charge in [-0.15, -0.1) is 0 Å². The van der Waals surface area contributed by atoms with Gasteiger partial charge in [-0.1, -0.05) is 12.1 Å². The molecule has 23 heavy (non-hydrogen) atoms. The molecular weight excluding hydrogens is 308 g/mol. The molecule has 0 atom stereocenters. The second-order valence-electron chi connectivity index (χ2n) is 5.09. The first-order chi connectivity index (χ1) is 11.1. The minimum Gasteiger partial charge on any atom is -0.497 e. The number of hydrogen-bond acceptors (Lipinski definition) is 3. The molecule has 1 N–H and O–H groups in total. The number of anilines is 1. The van der Waals surface area contributed by atoms with E-state index in [9.17, 15) is 0 Å². The number of thiocarbonyl (C=S) groups is 1. The van der Waals surface area contributed by atoms with Gasteiger partial charge in [0.2, 0.25) is 0 Å². The third kappa shape index (κ3) is 5.14. The van der Waals surface area contributed by atoms with Gasteiger partial charge in [-0.25, -0.2) is 0 Å². The molecule has 4 nitrogen and oxygen atoms in total. The average Bonchev–Trinajstić information content (AvgIpc) is 2.57. The van der Waals surface area contributed by atoms with Crippen LogP contribution < -0.4 is 14.8 Å². The van der Waals surface area contributed by atoms with Crippen LogP contribution in [0.4, 0.5) is 5.69 Å². The minimum absolute atomic E-state index is 0.670. The van der Waals surface area contributed by atoms with Crippen molar-refractivity contribution in [3.05, 3.63) is 54.1 Å². The van der Waals surface area contributed by atoms with Crippen molar-refractivity contribution >= 4 is 23.0 Å². The molecule has 0 radical (unpaired) electrons. The molecule has 2 rings (SSSR count). The highest BCUT2D eigenvalue weighted by atomic mass is 32.1. The van der Waals surface area contributed by atoms with E-state index < -0.39 is 0 Å². The molecular formula is C18H22N2O2S. The van der Waals surface area contributed by atoms with Gasteiger partial charge >= 0.3 is 0 Å². The Hall–Kier alpha value is -2.27. The summed E-state index contributed by atoms with van der Waals surface area (Å²) in [6, 6.07) is 15.7. The van der Waals surface area contributed by atoms with Crippen molar-refractivity contribution in [3.8, 4) is 11.5 Å². The molecule has 0 saturated heterocycles. The second-order valence-corrected chi connectivity index (χ2v) is 5.48. The number of rotatable bonds is 6. The third-order valence-electron chi connectivity index (χ3n) is 3.34. The van der Waals surface area contributed by atoms with Crippen LogP contribution in [0.5, 0.6) is 11.5 Å². The maximum atomic E-state index is 5.45. The van der Waals surface area contributed by atoms with Crippen molar-refractivity contribution in [1.82, 2.24) is 4.90 Å². The highest BCUT2D eigenvalue weighted by molar-refractivity contribution is 7.80. The lowest BCUT2D eigenvalue weighted by molar-refractivity contribution is 0.340. The molecule has 0 unspecified atom stereocenters. The average molecular weight is 330 g/mol. The van der Waals surface area contributed by atoms with Gasteiger partial charge in [0.25, 0.3) is 0 Å². The summed E-state index contributed by atoms with van der Waals surface area (Å²) < 4.78 is 10.6. The van der Waals surface area contributed by atoms with Crippen LogP contribution >= 0.6 is 12.2 Å². The van der Waals surface area contributed by atoms with Gasteiger partial charge in [-0.05, 0) is 61.1 Å². The van der Waals surface area contributed by atoms with Crippen molar-refractivity contribution in [2.24, 2.45) is 0 Å². The predicted octanol–water partition coefficient (Wildman–Crippen LogP) is 3.92. The standard InChI is InChI=1S/C18H22N2O2S/c1-4-22-17-9-5-14(6-10-17)13-20(2)18(23)19-15-7-11-16(21-3)12-8-15/h5-12H,4,13H2,1-3H3,(H,19,23). The SMILES string of the molecule is CCOc1ccc(CN(C)C(=S)Nc2ccc(OC)cc2)cc1. The lowest BCUT2D eigenvalue weighted by atomic mass is 10.2. The van der Waals surface area contributed by atoms with Crippen LogP contribution in [0.25, 0.3) is 0 Å². The highest BCUT2D eigenvalue weighted by Crippen LogP contribution is 2.16. The maximum absolute atomic E-state index is 5.45. The van der Waals surface area contributed by atoms with E-state index >= 15 is 0 Å². The Morgan fingerprint density at radius 3 is 2.22 bits per heavy atom. The summed E-state index contributed by atoms with van der Waals surface area (Å²) in [5, 5.41) is 3.89. The van der Waals surface area contributed by atoms with E-state index in [1.807, 2.05) is 55.3 Å². The molecule has 0 heterocycles. The predicted molar refractivity (Wildman–Crippen MR) is 98.3 cm³/mol. The molecule has 5 heteroatoms. The summed E-state index contributed by atoms with van der Waals surface area (Å²) >= 11 is 5.45. The molecule has 0 aliphatic carbocycles. The highest BCUT2D eigenvalue weighted by Gasteiger charge is 2.06. The Kier molecular flexibility index (Phi) is 6.23. The first kappa shape index (κ1) is 17.1. The molecule has 0 amide bonds. The maximum Gasteiger partial charge on any atom is 0.173 e. The molecule has 0 bridgehead atoms.